The molecule has 1 N–H and O–H groups in total. The van der Waals surface area contributed by atoms with Crippen molar-refractivity contribution >= 4 is 15.7 Å². The van der Waals surface area contributed by atoms with E-state index in [0.29, 0.717) is 12.0 Å². The number of aryl methyl sites for hydroxylation is 1. The molecule has 0 saturated heterocycles. The molecule has 0 aromatic heterocycles. The predicted octanol–water partition coefficient (Wildman–Crippen LogP) is 1.30. The molecule has 1 aromatic carbocycles. The van der Waals surface area contributed by atoms with E-state index in [1.807, 2.05) is 6.92 Å². The second kappa shape index (κ2) is 6.78. The highest BCUT2D eigenvalue weighted by atomic mass is 32.2. The molecule has 20 heavy (non-hydrogen) atoms. The van der Waals surface area contributed by atoms with Crippen LogP contribution >= 0.6 is 0 Å². The average Bonchev–Trinajstić information content (AvgIpc) is 2.38. The summed E-state index contributed by atoms with van der Waals surface area (Å²) in [5.41, 5.74) is 0.171. The third kappa shape index (κ3) is 3.53. The maximum atomic E-state index is 12.4. The van der Waals surface area contributed by atoms with Gasteiger partial charge in [0.1, 0.15) is 0 Å². The van der Waals surface area contributed by atoms with Crippen molar-refractivity contribution in [1.29, 1.82) is 0 Å². The fourth-order valence-corrected chi connectivity index (χ4v) is 3.35. The van der Waals surface area contributed by atoms with Gasteiger partial charge in [0, 0.05) is 24.7 Å². The lowest BCUT2D eigenvalue weighted by atomic mass is 10.2. The summed E-state index contributed by atoms with van der Waals surface area (Å²) in [6.45, 7) is 3.29. The van der Waals surface area contributed by atoms with E-state index in [0.717, 1.165) is 10.4 Å². The third-order valence-electron chi connectivity index (χ3n) is 2.84. The van der Waals surface area contributed by atoms with Gasteiger partial charge in [0.15, 0.2) is 0 Å². The fraction of sp³-hybridized carbons (Fsp3) is 0.500. The van der Waals surface area contributed by atoms with Crippen LogP contribution in [-0.4, -0.2) is 42.4 Å². The van der Waals surface area contributed by atoms with Gasteiger partial charge in [-0.2, -0.15) is 4.31 Å². The highest BCUT2D eigenvalue weighted by Crippen LogP contribution is 2.24. The number of nitro groups is 1. The van der Waals surface area contributed by atoms with Gasteiger partial charge in [-0.05, 0) is 19.4 Å². The van der Waals surface area contributed by atoms with Crippen LogP contribution < -0.4 is 0 Å². The summed E-state index contributed by atoms with van der Waals surface area (Å²) in [7, 11) is -3.83. The number of benzene rings is 1. The zero-order valence-electron chi connectivity index (χ0n) is 11.4. The van der Waals surface area contributed by atoms with Gasteiger partial charge in [0.05, 0.1) is 16.4 Å². The molecule has 8 heteroatoms. The molecule has 0 amide bonds. The first kappa shape index (κ1) is 16.5. The lowest BCUT2D eigenvalue weighted by molar-refractivity contribution is -0.385. The van der Waals surface area contributed by atoms with E-state index < -0.39 is 14.9 Å². The molecular weight excluding hydrogens is 284 g/mol. The Bertz CT molecular complexity index is 580. The van der Waals surface area contributed by atoms with Gasteiger partial charge in [-0.15, -0.1) is 0 Å². The Morgan fingerprint density at radius 2 is 2.00 bits per heavy atom. The Morgan fingerprint density at radius 3 is 2.50 bits per heavy atom. The molecule has 0 aliphatic rings. The summed E-state index contributed by atoms with van der Waals surface area (Å²) < 4.78 is 25.9. The summed E-state index contributed by atoms with van der Waals surface area (Å²) in [4.78, 5) is 10.1. The maximum absolute atomic E-state index is 12.4. The lowest BCUT2D eigenvalue weighted by Gasteiger charge is -2.20. The van der Waals surface area contributed by atoms with Crippen LogP contribution in [-0.2, 0) is 10.0 Å². The van der Waals surface area contributed by atoms with Crippen LogP contribution in [0.3, 0.4) is 0 Å². The zero-order valence-corrected chi connectivity index (χ0v) is 12.3. The Balaban J connectivity index is 3.26. The van der Waals surface area contributed by atoms with Gasteiger partial charge >= 0.3 is 0 Å². The second-order valence-corrected chi connectivity index (χ2v) is 6.27. The number of hydrogen-bond donors (Lipinski definition) is 1. The number of rotatable bonds is 7. The second-order valence-electron chi connectivity index (χ2n) is 4.33. The SMILES string of the molecule is CCCN(CCO)S(=O)(=O)c1ccc(C)c([N+](=O)[O-])c1. The highest BCUT2D eigenvalue weighted by Gasteiger charge is 2.25. The zero-order chi connectivity index (χ0) is 15.3. The molecule has 1 aromatic rings. The largest absolute Gasteiger partial charge is 0.395 e. The van der Waals surface area contributed by atoms with Crippen molar-refractivity contribution in [3.05, 3.63) is 33.9 Å². The molecule has 0 bridgehead atoms. The van der Waals surface area contributed by atoms with Crippen molar-refractivity contribution < 1.29 is 18.4 Å². The first-order valence-corrected chi connectivity index (χ1v) is 7.64. The minimum atomic E-state index is -3.83. The molecule has 0 radical (unpaired) electrons. The molecule has 7 nitrogen and oxygen atoms in total. The number of sulfonamides is 1. The molecule has 0 unspecified atom stereocenters. The third-order valence-corrected chi connectivity index (χ3v) is 4.73. The number of aliphatic hydroxyl groups excluding tert-OH is 1. The molecule has 0 aliphatic heterocycles. The standard InChI is InChI=1S/C12H18N2O5S/c1-3-6-13(7-8-15)20(18,19)11-5-4-10(2)12(9-11)14(16)17/h4-5,9,15H,3,6-8H2,1-2H3. The molecule has 112 valence electrons. The van der Waals surface area contributed by atoms with Crippen LogP contribution in [0.25, 0.3) is 0 Å². The smallest absolute Gasteiger partial charge is 0.273 e. The quantitative estimate of drug-likeness (QED) is 0.604. The summed E-state index contributed by atoms with van der Waals surface area (Å²) in [5, 5.41) is 19.8. The monoisotopic (exact) mass is 302 g/mol. The van der Waals surface area contributed by atoms with Crippen molar-refractivity contribution in [3.8, 4) is 0 Å². The van der Waals surface area contributed by atoms with Crippen molar-refractivity contribution in [2.45, 2.75) is 25.2 Å². The Hall–Kier alpha value is -1.51. The van der Waals surface area contributed by atoms with Crippen molar-refractivity contribution in [2.75, 3.05) is 19.7 Å². The summed E-state index contributed by atoms with van der Waals surface area (Å²) in [6.07, 6.45) is 0.590. The number of aliphatic hydroxyl groups is 1. The molecule has 0 spiro atoms. The number of nitrogens with zero attached hydrogens (tertiary/aromatic N) is 2. The van der Waals surface area contributed by atoms with Gasteiger partial charge in [-0.3, -0.25) is 10.1 Å². The van der Waals surface area contributed by atoms with E-state index in [1.54, 1.807) is 6.92 Å². The van der Waals surface area contributed by atoms with E-state index in [2.05, 4.69) is 0 Å². The van der Waals surface area contributed by atoms with Gasteiger partial charge in [0.25, 0.3) is 5.69 Å². The van der Waals surface area contributed by atoms with Gasteiger partial charge < -0.3 is 5.11 Å². The van der Waals surface area contributed by atoms with Crippen LogP contribution in [0.15, 0.2) is 23.1 Å². The summed E-state index contributed by atoms with van der Waals surface area (Å²) in [5.74, 6) is 0. The van der Waals surface area contributed by atoms with Gasteiger partial charge in [-0.25, -0.2) is 8.42 Å². The molecule has 0 fully saturated rings. The minimum absolute atomic E-state index is 0.0299. The van der Waals surface area contributed by atoms with Crippen molar-refractivity contribution in [3.63, 3.8) is 0 Å². The molecular formula is C12H18N2O5S. The fourth-order valence-electron chi connectivity index (χ4n) is 1.81. The van der Waals surface area contributed by atoms with Crippen LogP contribution in [0.4, 0.5) is 5.69 Å². The van der Waals surface area contributed by atoms with E-state index in [9.17, 15) is 18.5 Å². The molecule has 0 heterocycles. The lowest BCUT2D eigenvalue weighted by Crippen LogP contribution is -2.34. The number of hydrogen-bond acceptors (Lipinski definition) is 5. The minimum Gasteiger partial charge on any atom is -0.395 e. The van der Waals surface area contributed by atoms with Crippen LogP contribution in [0.5, 0.6) is 0 Å². The Labute approximate surface area is 118 Å². The summed E-state index contributed by atoms with van der Waals surface area (Å²) >= 11 is 0. The van der Waals surface area contributed by atoms with Crippen molar-refractivity contribution in [1.82, 2.24) is 4.31 Å². The van der Waals surface area contributed by atoms with Gasteiger partial charge in [0.2, 0.25) is 10.0 Å². The van der Waals surface area contributed by atoms with E-state index >= 15 is 0 Å². The first-order chi connectivity index (χ1) is 9.34. The van der Waals surface area contributed by atoms with Crippen LogP contribution in [0, 0.1) is 17.0 Å². The molecule has 0 aliphatic carbocycles. The van der Waals surface area contributed by atoms with E-state index in [1.165, 1.54) is 12.1 Å². The average molecular weight is 302 g/mol. The predicted molar refractivity (Wildman–Crippen MR) is 74.0 cm³/mol. The topological polar surface area (TPSA) is 101 Å². The highest BCUT2D eigenvalue weighted by molar-refractivity contribution is 7.89. The van der Waals surface area contributed by atoms with Crippen molar-refractivity contribution in [2.24, 2.45) is 0 Å². The molecule has 0 saturated carbocycles. The summed E-state index contributed by atoms with van der Waals surface area (Å²) in [6, 6.07) is 3.82. The normalized spacial score (nSPS) is 11.8. The Morgan fingerprint density at radius 1 is 1.35 bits per heavy atom. The molecule has 0 atom stereocenters. The Kier molecular flexibility index (Phi) is 5.61. The maximum Gasteiger partial charge on any atom is 0.273 e. The van der Waals surface area contributed by atoms with Gasteiger partial charge in [-0.1, -0.05) is 13.0 Å². The molecule has 1 rings (SSSR count). The first-order valence-electron chi connectivity index (χ1n) is 6.20. The van der Waals surface area contributed by atoms with E-state index in [-0.39, 0.29) is 30.3 Å². The van der Waals surface area contributed by atoms with Crippen LogP contribution in [0.2, 0.25) is 0 Å². The van der Waals surface area contributed by atoms with Crippen LogP contribution in [0.1, 0.15) is 18.9 Å². The van der Waals surface area contributed by atoms with E-state index in [4.69, 9.17) is 5.11 Å². The number of nitro benzene ring substituents is 1.